The van der Waals surface area contributed by atoms with Crippen LogP contribution in [0, 0.1) is 6.07 Å². The summed E-state index contributed by atoms with van der Waals surface area (Å²) < 4.78 is 6.26. The Morgan fingerprint density at radius 2 is 1.31 bits per heavy atom. The summed E-state index contributed by atoms with van der Waals surface area (Å²) >= 11 is 0. The summed E-state index contributed by atoms with van der Waals surface area (Å²) in [7, 11) is 0. The molecule has 0 aliphatic carbocycles. The van der Waals surface area contributed by atoms with Gasteiger partial charge in [-0.15, -0.1) is 0 Å². The highest BCUT2D eigenvalue weighted by Crippen LogP contribution is 2.26. The van der Waals surface area contributed by atoms with Gasteiger partial charge in [0.25, 0.3) is 0 Å². The molecule has 0 amide bonds. The molecule has 0 N–H and O–H groups in total. The monoisotopic (exact) mass is 351 g/mol. The topological polar surface area (TPSA) is 9.23 Å². The highest BCUT2D eigenvalue weighted by molar-refractivity contribution is 5.24. The van der Waals surface area contributed by atoms with E-state index in [4.69, 9.17) is 4.74 Å². The molecule has 141 valence electrons. The lowest BCUT2D eigenvalue weighted by atomic mass is 10.0. The fourth-order valence-electron chi connectivity index (χ4n) is 3.39. The smallest absolute Gasteiger partial charge is 0.124 e. The van der Waals surface area contributed by atoms with Crippen molar-refractivity contribution in [3.63, 3.8) is 0 Å². The van der Waals surface area contributed by atoms with Gasteiger partial charge in [0.1, 0.15) is 11.9 Å². The molecule has 1 atom stereocenters. The molecule has 0 aromatic heterocycles. The van der Waals surface area contributed by atoms with E-state index in [0.29, 0.717) is 0 Å². The lowest BCUT2D eigenvalue weighted by molar-refractivity contribution is 0.190. The fourth-order valence-corrected chi connectivity index (χ4v) is 3.39. The Hall–Kier alpha value is -1.76. The number of unbranched alkanes of at least 4 members (excludes halogenated alkanes) is 9. The van der Waals surface area contributed by atoms with E-state index in [-0.39, 0.29) is 6.10 Å². The molecule has 2 aromatic rings. The average Bonchev–Trinajstić information content (AvgIpc) is 2.70. The Morgan fingerprint density at radius 1 is 0.731 bits per heavy atom. The number of benzene rings is 2. The van der Waals surface area contributed by atoms with Crippen LogP contribution in [0.2, 0.25) is 0 Å². The quantitative estimate of drug-likeness (QED) is 0.314. The van der Waals surface area contributed by atoms with Gasteiger partial charge in [0.05, 0.1) is 0 Å². The van der Waals surface area contributed by atoms with Gasteiger partial charge in [-0.25, -0.2) is 0 Å². The molecule has 0 fully saturated rings. The van der Waals surface area contributed by atoms with Crippen molar-refractivity contribution >= 4 is 0 Å². The molecule has 0 aliphatic rings. The standard InChI is InChI=1S/C25H35O/c1-2-3-4-5-6-7-8-9-10-17-22-25(23-18-13-11-14-19-23)26-24-20-15-12-16-21-24/h11,13-16,18-21,25H,2-10,17,22H2,1H3. The maximum Gasteiger partial charge on any atom is 0.124 e. The Labute approximate surface area is 160 Å². The average molecular weight is 352 g/mol. The molecule has 1 heteroatoms. The summed E-state index contributed by atoms with van der Waals surface area (Å²) in [5.41, 5.74) is 1.27. The molecule has 26 heavy (non-hydrogen) atoms. The number of hydrogen-bond acceptors (Lipinski definition) is 1. The lowest BCUT2D eigenvalue weighted by Gasteiger charge is -2.19. The molecule has 2 aromatic carbocycles. The summed E-state index contributed by atoms with van der Waals surface area (Å²) in [5, 5.41) is 0. The molecule has 0 aliphatic heterocycles. The molecule has 1 unspecified atom stereocenters. The van der Waals surface area contributed by atoms with E-state index in [2.05, 4.69) is 43.3 Å². The van der Waals surface area contributed by atoms with Gasteiger partial charge in [0.15, 0.2) is 0 Å². The minimum Gasteiger partial charge on any atom is -0.486 e. The predicted octanol–water partition coefficient (Wildman–Crippen LogP) is 7.92. The van der Waals surface area contributed by atoms with Crippen LogP contribution in [-0.2, 0) is 0 Å². The number of hydrogen-bond donors (Lipinski definition) is 0. The molecular formula is C25H35O. The van der Waals surface area contributed by atoms with Gasteiger partial charge >= 0.3 is 0 Å². The normalized spacial score (nSPS) is 12.0. The van der Waals surface area contributed by atoms with Gasteiger partial charge < -0.3 is 4.74 Å². The predicted molar refractivity (Wildman–Crippen MR) is 112 cm³/mol. The van der Waals surface area contributed by atoms with Crippen LogP contribution < -0.4 is 4.74 Å². The zero-order chi connectivity index (χ0) is 18.3. The Kier molecular flexibility index (Phi) is 10.6. The molecule has 0 heterocycles. The van der Waals surface area contributed by atoms with E-state index < -0.39 is 0 Å². The van der Waals surface area contributed by atoms with E-state index in [9.17, 15) is 0 Å². The largest absolute Gasteiger partial charge is 0.486 e. The van der Waals surface area contributed by atoms with E-state index in [1.54, 1.807) is 0 Å². The highest BCUT2D eigenvalue weighted by atomic mass is 16.5. The number of rotatable bonds is 14. The van der Waals surface area contributed by atoms with E-state index in [1.165, 1.54) is 69.8 Å². The third-order valence-corrected chi connectivity index (χ3v) is 4.96. The van der Waals surface area contributed by atoms with E-state index in [1.807, 2.05) is 24.3 Å². The first kappa shape index (κ1) is 20.6. The summed E-state index contributed by atoms with van der Waals surface area (Å²) in [5.74, 6) is 0.935. The van der Waals surface area contributed by atoms with Gasteiger partial charge in [0.2, 0.25) is 0 Å². The van der Waals surface area contributed by atoms with Crippen LogP contribution in [0.4, 0.5) is 0 Å². The van der Waals surface area contributed by atoms with Crippen molar-refractivity contribution in [2.45, 2.75) is 83.7 Å². The van der Waals surface area contributed by atoms with E-state index in [0.717, 1.165) is 12.2 Å². The van der Waals surface area contributed by atoms with Crippen LogP contribution in [0.5, 0.6) is 5.75 Å². The van der Waals surface area contributed by atoms with Crippen LogP contribution in [0.15, 0.2) is 54.6 Å². The van der Waals surface area contributed by atoms with Crippen LogP contribution in [0.1, 0.15) is 89.2 Å². The summed E-state index contributed by atoms with van der Waals surface area (Å²) in [4.78, 5) is 0. The molecule has 1 radical (unpaired) electrons. The van der Waals surface area contributed by atoms with Crippen molar-refractivity contribution in [3.8, 4) is 5.75 Å². The van der Waals surface area contributed by atoms with Crippen LogP contribution >= 0.6 is 0 Å². The first-order valence-electron chi connectivity index (χ1n) is 10.6. The van der Waals surface area contributed by atoms with Gasteiger partial charge in [-0.2, -0.15) is 0 Å². The Balaban J connectivity index is 1.67. The van der Waals surface area contributed by atoms with Gasteiger partial charge in [-0.3, -0.25) is 0 Å². The third-order valence-electron chi connectivity index (χ3n) is 4.96. The number of ether oxygens (including phenoxy) is 1. The molecule has 1 nitrogen and oxygen atoms in total. The van der Waals surface area contributed by atoms with Crippen LogP contribution in [-0.4, -0.2) is 0 Å². The van der Waals surface area contributed by atoms with Crippen molar-refractivity contribution in [1.29, 1.82) is 0 Å². The summed E-state index contributed by atoms with van der Waals surface area (Å²) in [6, 6.07) is 21.5. The summed E-state index contributed by atoms with van der Waals surface area (Å²) in [6.45, 7) is 2.28. The molecule has 0 saturated carbocycles. The second kappa shape index (κ2) is 13.4. The maximum atomic E-state index is 6.26. The van der Waals surface area contributed by atoms with Gasteiger partial charge in [-0.05, 0) is 36.6 Å². The molecule has 0 bridgehead atoms. The lowest BCUT2D eigenvalue weighted by Crippen LogP contribution is -2.07. The Bertz CT molecular complexity index is 549. The van der Waals surface area contributed by atoms with Crippen molar-refractivity contribution in [2.24, 2.45) is 0 Å². The highest BCUT2D eigenvalue weighted by Gasteiger charge is 2.12. The molecule has 0 saturated heterocycles. The first-order chi connectivity index (χ1) is 12.9. The minimum atomic E-state index is 0.146. The van der Waals surface area contributed by atoms with Gasteiger partial charge in [-0.1, -0.05) is 107 Å². The maximum absolute atomic E-state index is 6.26. The van der Waals surface area contributed by atoms with E-state index >= 15 is 0 Å². The SMILES string of the molecule is CCCCCCCCCCCCC(Oc1cc[c]cc1)c1ccccc1. The van der Waals surface area contributed by atoms with Crippen molar-refractivity contribution < 1.29 is 4.74 Å². The molecular weight excluding hydrogens is 316 g/mol. The van der Waals surface area contributed by atoms with Crippen molar-refractivity contribution in [1.82, 2.24) is 0 Å². The molecule has 2 rings (SSSR count). The van der Waals surface area contributed by atoms with Gasteiger partial charge in [0, 0.05) is 0 Å². The second-order valence-corrected chi connectivity index (χ2v) is 7.22. The molecule has 0 spiro atoms. The van der Waals surface area contributed by atoms with Crippen molar-refractivity contribution in [2.75, 3.05) is 0 Å². The van der Waals surface area contributed by atoms with Crippen molar-refractivity contribution in [3.05, 3.63) is 66.2 Å². The fraction of sp³-hybridized carbons (Fsp3) is 0.520. The summed E-state index contributed by atoms with van der Waals surface area (Å²) in [6.07, 6.45) is 14.9. The zero-order valence-electron chi connectivity index (χ0n) is 16.5. The zero-order valence-corrected chi connectivity index (χ0v) is 16.5. The van der Waals surface area contributed by atoms with Crippen LogP contribution in [0.3, 0.4) is 0 Å². The van der Waals surface area contributed by atoms with Crippen LogP contribution in [0.25, 0.3) is 0 Å². The minimum absolute atomic E-state index is 0.146. The first-order valence-corrected chi connectivity index (χ1v) is 10.6. The Morgan fingerprint density at radius 3 is 1.92 bits per heavy atom. The third kappa shape index (κ3) is 8.56. The second-order valence-electron chi connectivity index (χ2n) is 7.22.